The van der Waals surface area contributed by atoms with Crippen molar-refractivity contribution in [3.63, 3.8) is 0 Å². The van der Waals surface area contributed by atoms with Gasteiger partial charge in [-0.2, -0.15) is 9.97 Å². The standard InChI is InChI=1S/C5H9N5/c1-8-4-2-3(6)9-5(7)10-4/h2H,1H3,(H5,6,7,8,9,10). The highest BCUT2D eigenvalue weighted by atomic mass is 15.1. The Labute approximate surface area is 58.5 Å². The van der Waals surface area contributed by atoms with E-state index in [0.717, 1.165) is 0 Å². The molecule has 0 amide bonds. The summed E-state index contributed by atoms with van der Waals surface area (Å²) in [4.78, 5) is 7.51. The highest BCUT2D eigenvalue weighted by Crippen LogP contribution is 2.07. The predicted molar refractivity (Wildman–Crippen MR) is 40.4 cm³/mol. The molecule has 0 spiro atoms. The molecule has 54 valence electrons. The van der Waals surface area contributed by atoms with Crippen molar-refractivity contribution >= 4 is 17.6 Å². The Morgan fingerprint density at radius 2 is 2.10 bits per heavy atom. The van der Waals surface area contributed by atoms with Crippen molar-refractivity contribution in [2.75, 3.05) is 23.8 Å². The minimum absolute atomic E-state index is 0.185. The lowest BCUT2D eigenvalue weighted by Crippen LogP contribution is -2.02. The molecule has 1 heterocycles. The van der Waals surface area contributed by atoms with Gasteiger partial charge in [0.2, 0.25) is 5.95 Å². The van der Waals surface area contributed by atoms with Crippen LogP contribution in [0, 0.1) is 0 Å². The van der Waals surface area contributed by atoms with E-state index < -0.39 is 0 Å². The summed E-state index contributed by atoms with van der Waals surface area (Å²) >= 11 is 0. The molecule has 0 aromatic carbocycles. The zero-order valence-electron chi connectivity index (χ0n) is 5.63. The summed E-state index contributed by atoms with van der Waals surface area (Å²) in [5.74, 6) is 1.19. The van der Waals surface area contributed by atoms with E-state index in [9.17, 15) is 0 Å². The van der Waals surface area contributed by atoms with Gasteiger partial charge in [0, 0.05) is 13.1 Å². The molecular formula is C5H9N5. The molecular weight excluding hydrogens is 130 g/mol. The quantitative estimate of drug-likeness (QED) is 0.496. The Morgan fingerprint density at radius 1 is 1.40 bits per heavy atom. The summed E-state index contributed by atoms with van der Waals surface area (Å²) in [5, 5.41) is 2.80. The minimum atomic E-state index is 0.185. The van der Waals surface area contributed by atoms with Crippen molar-refractivity contribution in [2.24, 2.45) is 0 Å². The maximum absolute atomic E-state index is 5.36. The molecule has 0 radical (unpaired) electrons. The molecule has 0 fully saturated rings. The average molecular weight is 139 g/mol. The summed E-state index contributed by atoms with van der Waals surface area (Å²) < 4.78 is 0. The van der Waals surface area contributed by atoms with Crippen LogP contribution in [0.4, 0.5) is 17.6 Å². The third-order valence-electron chi connectivity index (χ3n) is 1.02. The molecule has 5 N–H and O–H groups in total. The van der Waals surface area contributed by atoms with Crippen LogP contribution < -0.4 is 16.8 Å². The third kappa shape index (κ3) is 1.25. The van der Waals surface area contributed by atoms with E-state index in [2.05, 4.69) is 15.3 Å². The summed E-state index contributed by atoms with van der Waals surface area (Å²) in [6.45, 7) is 0. The number of hydrogen-bond donors (Lipinski definition) is 3. The predicted octanol–water partition coefficient (Wildman–Crippen LogP) is -0.317. The Balaban J connectivity index is 3.06. The van der Waals surface area contributed by atoms with Crippen LogP contribution in [0.1, 0.15) is 0 Å². The lowest BCUT2D eigenvalue weighted by atomic mass is 10.5. The molecule has 5 heteroatoms. The summed E-state index contributed by atoms with van der Waals surface area (Å²) in [6.07, 6.45) is 0. The molecule has 0 aliphatic carbocycles. The molecule has 1 aromatic heterocycles. The van der Waals surface area contributed by atoms with Crippen LogP contribution in [0.3, 0.4) is 0 Å². The molecule has 0 aliphatic heterocycles. The molecule has 10 heavy (non-hydrogen) atoms. The second kappa shape index (κ2) is 2.38. The van der Waals surface area contributed by atoms with Crippen LogP contribution >= 0.6 is 0 Å². The van der Waals surface area contributed by atoms with Gasteiger partial charge in [-0.05, 0) is 0 Å². The lowest BCUT2D eigenvalue weighted by Gasteiger charge is -1.99. The fourth-order valence-electron chi connectivity index (χ4n) is 0.613. The highest BCUT2D eigenvalue weighted by Gasteiger charge is 1.94. The number of nitrogens with one attached hydrogen (secondary N) is 1. The Kier molecular flexibility index (Phi) is 1.57. The van der Waals surface area contributed by atoms with Gasteiger partial charge in [0.15, 0.2) is 0 Å². The SMILES string of the molecule is CNc1cc(N)nc(N)n1. The zero-order valence-corrected chi connectivity index (χ0v) is 5.63. The number of nitrogens with two attached hydrogens (primary N) is 2. The van der Waals surface area contributed by atoms with Crippen LogP contribution in [-0.4, -0.2) is 17.0 Å². The number of hydrogen-bond acceptors (Lipinski definition) is 5. The molecule has 1 rings (SSSR count). The minimum Gasteiger partial charge on any atom is -0.383 e. The van der Waals surface area contributed by atoms with Crippen LogP contribution in [-0.2, 0) is 0 Å². The first-order valence-electron chi connectivity index (χ1n) is 2.80. The van der Waals surface area contributed by atoms with Crippen LogP contribution in [0.15, 0.2) is 6.07 Å². The Morgan fingerprint density at radius 3 is 2.60 bits per heavy atom. The van der Waals surface area contributed by atoms with E-state index in [0.29, 0.717) is 11.6 Å². The number of rotatable bonds is 1. The average Bonchev–Trinajstić information content (AvgIpc) is 1.85. The molecule has 0 unspecified atom stereocenters. The van der Waals surface area contributed by atoms with E-state index in [1.54, 1.807) is 13.1 Å². The van der Waals surface area contributed by atoms with E-state index in [4.69, 9.17) is 11.5 Å². The van der Waals surface area contributed by atoms with E-state index in [-0.39, 0.29) is 5.95 Å². The first-order chi connectivity index (χ1) is 4.72. The van der Waals surface area contributed by atoms with Crippen molar-refractivity contribution in [1.82, 2.24) is 9.97 Å². The summed E-state index contributed by atoms with van der Waals surface area (Å²) in [6, 6.07) is 1.61. The molecule has 0 aliphatic rings. The number of anilines is 3. The van der Waals surface area contributed by atoms with Crippen molar-refractivity contribution in [1.29, 1.82) is 0 Å². The maximum Gasteiger partial charge on any atom is 0.223 e. The molecule has 0 bridgehead atoms. The van der Waals surface area contributed by atoms with E-state index in [1.807, 2.05) is 0 Å². The molecule has 0 saturated heterocycles. The van der Waals surface area contributed by atoms with Gasteiger partial charge >= 0.3 is 0 Å². The summed E-state index contributed by atoms with van der Waals surface area (Å²) in [5.41, 5.74) is 10.7. The number of nitrogens with zero attached hydrogens (tertiary/aromatic N) is 2. The largest absolute Gasteiger partial charge is 0.383 e. The van der Waals surface area contributed by atoms with Gasteiger partial charge in [0.05, 0.1) is 0 Å². The fraction of sp³-hybridized carbons (Fsp3) is 0.200. The van der Waals surface area contributed by atoms with Crippen molar-refractivity contribution in [2.45, 2.75) is 0 Å². The van der Waals surface area contributed by atoms with Gasteiger partial charge in [-0.3, -0.25) is 0 Å². The molecule has 0 saturated carbocycles. The van der Waals surface area contributed by atoms with Gasteiger partial charge in [-0.15, -0.1) is 0 Å². The van der Waals surface area contributed by atoms with E-state index >= 15 is 0 Å². The maximum atomic E-state index is 5.36. The van der Waals surface area contributed by atoms with Crippen LogP contribution in [0.5, 0.6) is 0 Å². The van der Waals surface area contributed by atoms with Gasteiger partial charge < -0.3 is 16.8 Å². The smallest absolute Gasteiger partial charge is 0.223 e. The molecule has 0 atom stereocenters. The first-order valence-corrected chi connectivity index (χ1v) is 2.80. The fourth-order valence-corrected chi connectivity index (χ4v) is 0.613. The first kappa shape index (κ1) is 6.60. The highest BCUT2D eigenvalue weighted by molar-refractivity contribution is 5.47. The van der Waals surface area contributed by atoms with Gasteiger partial charge in [0.25, 0.3) is 0 Å². The number of aromatic nitrogens is 2. The topological polar surface area (TPSA) is 89.8 Å². The van der Waals surface area contributed by atoms with Crippen molar-refractivity contribution in [3.05, 3.63) is 6.07 Å². The monoisotopic (exact) mass is 139 g/mol. The Bertz CT molecular complexity index is 213. The van der Waals surface area contributed by atoms with Gasteiger partial charge in [-0.25, -0.2) is 0 Å². The van der Waals surface area contributed by atoms with E-state index in [1.165, 1.54) is 0 Å². The van der Waals surface area contributed by atoms with Crippen LogP contribution in [0.25, 0.3) is 0 Å². The van der Waals surface area contributed by atoms with Gasteiger partial charge in [-0.1, -0.05) is 0 Å². The molecule has 5 nitrogen and oxygen atoms in total. The Hall–Kier alpha value is -1.52. The van der Waals surface area contributed by atoms with Crippen LogP contribution in [0.2, 0.25) is 0 Å². The van der Waals surface area contributed by atoms with Gasteiger partial charge in [0.1, 0.15) is 11.6 Å². The zero-order chi connectivity index (χ0) is 7.56. The third-order valence-corrected chi connectivity index (χ3v) is 1.02. The molecule has 1 aromatic rings. The number of nitrogen functional groups attached to an aromatic ring is 2. The van der Waals surface area contributed by atoms with Crippen molar-refractivity contribution in [3.8, 4) is 0 Å². The lowest BCUT2D eigenvalue weighted by molar-refractivity contribution is 1.18. The summed E-state index contributed by atoms with van der Waals surface area (Å²) in [7, 11) is 1.74. The second-order valence-electron chi connectivity index (χ2n) is 1.79. The normalized spacial score (nSPS) is 9.30. The second-order valence-corrected chi connectivity index (χ2v) is 1.79. The van der Waals surface area contributed by atoms with Crippen molar-refractivity contribution < 1.29 is 0 Å².